The number of benzene rings is 2. The summed E-state index contributed by atoms with van der Waals surface area (Å²) in [5, 5.41) is 3.79. The molecule has 2 N–H and O–H groups in total. The summed E-state index contributed by atoms with van der Waals surface area (Å²) in [6, 6.07) is 17.4. The zero-order valence-corrected chi connectivity index (χ0v) is 16.2. The number of para-hydroxylation sites is 3. The molecule has 1 amide bonds. The molecule has 0 fully saturated rings. The van der Waals surface area contributed by atoms with Crippen LogP contribution >= 0.6 is 0 Å². The molecule has 0 aliphatic heterocycles. The molecule has 2 heterocycles. The normalized spacial score (nSPS) is 11.5. The van der Waals surface area contributed by atoms with Crippen LogP contribution in [0.1, 0.15) is 17.8 Å². The predicted molar refractivity (Wildman–Crippen MR) is 116 cm³/mol. The van der Waals surface area contributed by atoms with E-state index in [9.17, 15) is 9.59 Å². The minimum atomic E-state index is -0.218. The van der Waals surface area contributed by atoms with E-state index in [4.69, 9.17) is 0 Å². The van der Waals surface area contributed by atoms with Gasteiger partial charge in [-0.2, -0.15) is 0 Å². The number of rotatable bonds is 6. The molecule has 0 atom stereocenters. The van der Waals surface area contributed by atoms with Crippen LogP contribution in [-0.4, -0.2) is 27.0 Å². The molecule has 6 nitrogen and oxygen atoms in total. The molecular weight excluding hydrogens is 364 g/mol. The largest absolute Gasteiger partial charge is 0.352 e. The third-order valence-corrected chi connectivity index (χ3v) is 4.90. The number of carbonyl (C=O) groups is 1. The smallest absolute Gasteiger partial charge is 0.255 e. The van der Waals surface area contributed by atoms with Gasteiger partial charge in [0.1, 0.15) is 5.82 Å². The van der Waals surface area contributed by atoms with E-state index in [-0.39, 0.29) is 11.5 Å². The van der Waals surface area contributed by atoms with Crippen molar-refractivity contribution in [3.05, 3.63) is 82.4 Å². The van der Waals surface area contributed by atoms with Gasteiger partial charge in [-0.25, -0.2) is 4.98 Å². The second kappa shape index (κ2) is 8.14. The van der Waals surface area contributed by atoms with Gasteiger partial charge >= 0.3 is 0 Å². The van der Waals surface area contributed by atoms with Crippen molar-refractivity contribution in [3.8, 4) is 0 Å². The third-order valence-electron chi connectivity index (χ3n) is 4.90. The molecule has 0 radical (unpaired) electrons. The second-order valence-corrected chi connectivity index (χ2v) is 6.92. The van der Waals surface area contributed by atoms with Gasteiger partial charge in [0.25, 0.3) is 5.56 Å². The van der Waals surface area contributed by atoms with Crippen LogP contribution in [-0.2, 0) is 11.3 Å². The Balaban J connectivity index is 1.34. The lowest BCUT2D eigenvalue weighted by Crippen LogP contribution is -2.23. The summed E-state index contributed by atoms with van der Waals surface area (Å²) >= 11 is 0. The molecule has 2 aromatic heterocycles. The van der Waals surface area contributed by atoms with Crippen molar-refractivity contribution in [2.75, 3.05) is 6.54 Å². The van der Waals surface area contributed by atoms with E-state index in [0.29, 0.717) is 12.1 Å². The third kappa shape index (κ3) is 4.11. The quantitative estimate of drug-likeness (QED) is 0.394. The number of hydrogen-bond acceptors (Lipinski definition) is 3. The van der Waals surface area contributed by atoms with Gasteiger partial charge in [-0.1, -0.05) is 30.3 Å². The fourth-order valence-corrected chi connectivity index (χ4v) is 3.44. The highest BCUT2D eigenvalue weighted by atomic mass is 16.1. The maximum absolute atomic E-state index is 12.1. The first-order valence-electron chi connectivity index (χ1n) is 9.62. The van der Waals surface area contributed by atoms with Gasteiger partial charge in [-0.3, -0.25) is 9.59 Å². The van der Waals surface area contributed by atoms with E-state index in [1.807, 2.05) is 49.4 Å². The van der Waals surface area contributed by atoms with Crippen LogP contribution in [0.2, 0.25) is 0 Å². The molecular formula is C23H22N4O2. The average Bonchev–Trinajstić information content (AvgIpc) is 3.04. The van der Waals surface area contributed by atoms with Gasteiger partial charge in [0.15, 0.2) is 0 Å². The number of aromatic nitrogens is 3. The number of nitrogens with zero attached hydrogens (tertiary/aromatic N) is 2. The van der Waals surface area contributed by atoms with Gasteiger partial charge in [-0.15, -0.1) is 0 Å². The highest BCUT2D eigenvalue weighted by Gasteiger charge is 2.06. The van der Waals surface area contributed by atoms with Gasteiger partial charge in [0.05, 0.1) is 11.0 Å². The van der Waals surface area contributed by atoms with Crippen LogP contribution in [0.15, 0.2) is 65.5 Å². The summed E-state index contributed by atoms with van der Waals surface area (Å²) in [7, 11) is 0. The molecule has 0 aliphatic carbocycles. The van der Waals surface area contributed by atoms with Gasteiger partial charge in [0.2, 0.25) is 5.91 Å². The van der Waals surface area contributed by atoms with Crippen molar-refractivity contribution in [1.29, 1.82) is 0 Å². The van der Waals surface area contributed by atoms with Crippen LogP contribution in [0.3, 0.4) is 0 Å². The van der Waals surface area contributed by atoms with Gasteiger partial charge in [-0.05, 0) is 49.1 Å². The van der Waals surface area contributed by atoms with E-state index in [0.717, 1.165) is 40.7 Å². The molecule has 4 rings (SSSR count). The fraction of sp³-hybridized carbons (Fsp3) is 0.174. The maximum atomic E-state index is 12.1. The molecule has 29 heavy (non-hydrogen) atoms. The first kappa shape index (κ1) is 18.7. The lowest BCUT2D eigenvalue weighted by Gasteiger charge is -2.07. The van der Waals surface area contributed by atoms with E-state index in [1.54, 1.807) is 12.1 Å². The molecule has 146 valence electrons. The number of aromatic amines is 1. The molecule has 4 aromatic rings. The number of H-pyrrole nitrogens is 1. The minimum Gasteiger partial charge on any atom is -0.352 e. The highest BCUT2D eigenvalue weighted by Crippen LogP contribution is 2.15. The lowest BCUT2D eigenvalue weighted by atomic mass is 10.1. The second-order valence-electron chi connectivity index (χ2n) is 6.92. The van der Waals surface area contributed by atoms with Crippen LogP contribution in [0, 0.1) is 6.92 Å². The van der Waals surface area contributed by atoms with E-state index < -0.39 is 0 Å². The molecule has 0 aliphatic rings. The lowest BCUT2D eigenvalue weighted by molar-refractivity contribution is -0.116. The Kier molecular flexibility index (Phi) is 5.24. The van der Waals surface area contributed by atoms with Crippen molar-refractivity contribution in [2.24, 2.45) is 0 Å². The Morgan fingerprint density at radius 3 is 2.86 bits per heavy atom. The summed E-state index contributed by atoms with van der Waals surface area (Å²) in [5.74, 6) is 0.748. The number of fused-ring (bicyclic) bond motifs is 2. The number of carbonyl (C=O) groups excluding carboxylic acids is 1. The van der Waals surface area contributed by atoms with Gasteiger partial charge < -0.3 is 14.9 Å². The fourth-order valence-electron chi connectivity index (χ4n) is 3.44. The highest BCUT2D eigenvalue weighted by molar-refractivity contribution is 5.92. The van der Waals surface area contributed by atoms with E-state index in [2.05, 4.69) is 25.9 Å². The van der Waals surface area contributed by atoms with Crippen LogP contribution in [0.25, 0.3) is 28.0 Å². The topological polar surface area (TPSA) is 79.8 Å². The number of hydrogen-bond donors (Lipinski definition) is 2. The number of amides is 1. The SMILES string of the molecule is Cc1nc2ccccc2n1CCCNC(=O)/C=C/c1cc2ccccc2[nH]c1=O. The molecule has 0 saturated carbocycles. The number of aryl methyl sites for hydroxylation is 2. The Morgan fingerprint density at radius 2 is 1.97 bits per heavy atom. The number of pyridine rings is 1. The standard InChI is InChI=1S/C23H22N4O2/c1-16-25-20-9-4-5-10-21(20)27(16)14-6-13-24-22(28)12-11-18-15-17-7-2-3-8-19(17)26-23(18)29/h2-5,7-12,15H,6,13-14H2,1H3,(H,24,28)(H,26,29)/b12-11+. The van der Waals surface area contributed by atoms with Crippen molar-refractivity contribution < 1.29 is 4.79 Å². The molecule has 2 aromatic carbocycles. The summed E-state index contributed by atoms with van der Waals surface area (Å²) in [6.07, 6.45) is 3.74. The summed E-state index contributed by atoms with van der Waals surface area (Å²) in [6.45, 7) is 3.31. The van der Waals surface area contributed by atoms with Crippen LogP contribution < -0.4 is 10.9 Å². The minimum absolute atomic E-state index is 0.213. The number of nitrogens with one attached hydrogen (secondary N) is 2. The van der Waals surface area contributed by atoms with Crippen LogP contribution in [0.5, 0.6) is 0 Å². The van der Waals surface area contributed by atoms with Crippen molar-refractivity contribution in [2.45, 2.75) is 19.9 Å². The summed E-state index contributed by atoms with van der Waals surface area (Å²) in [5.41, 5.74) is 3.11. The maximum Gasteiger partial charge on any atom is 0.255 e. The number of imidazole rings is 1. The van der Waals surface area contributed by atoms with E-state index >= 15 is 0 Å². The Morgan fingerprint density at radius 1 is 1.17 bits per heavy atom. The van der Waals surface area contributed by atoms with Crippen molar-refractivity contribution in [3.63, 3.8) is 0 Å². The predicted octanol–water partition coefficient (Wildman–Crippen LogP) is 3.41. The first-order valence-corrected chi connectivity index (χ1v) is 9.62. The van der Waals surface area contributed by atoms with Crippen LogP contribution in [0.4, 0.5) is 0 Å². The summed E-state index contributed by atoms with van der Waals surface area (Å²) < 4.78 is 2.16. The summed E-state index contributed by atoms with van der Waals surface area (Å²) in [4.78, 5) is 31.6. The molecule has 0 unspecified atom stereocenters. The Hall–Kier alpha value is -3.67. The first-order chi connectivity index (χ1) is 14.1. The Labute approximate surface area is 167 Å². The monoisotopic (exact) mass is 386 g/mol. The molecule has 0 saturated heterocycles. The van der Waals surface area contributed by atoms with Crippen molar-refractivity contribution >= 4 is 33.9 Å². The van der Waals surface area contributed by atoms with Crippen molar-refractivity contribution in [1.82, 2.24) is 19.9 Å². The Bertz CT molecular complexity index is 1270. The average molecular weight is 386 g/mol. The molecule has 0 spiro atoms. The van der Waals surface area contributed by atoms with Gasteiger partial charge in [0, 0.05) is 30.2 Å². The molecule has 0 bridgehead atoms. The zero-order chi connectivity index (χ0) is 20.2. The zero-order valence-electron chi connectivity index (χ0n) is 16.2. The van der Waals surface area contributed by atoms with E-state index in [1.165, 1.54) is 6.08 Å². The molecule has 6 heteroatoms.